The molecule has 0 saturated heterocycles. The Hall–Kier alpha value is -2.15. The molecule has 2 aromatic rings. The van der Waals surface area contributed by atoms with Crippen LogP contribution in [0.3, 0.4) is 0 Å². The zero-order chi connectivity index (χ0) is 15.0. The summed E-state index contributed by atoms with van der Waals surface area (Å²) in [5, 5.41) is 27.2. The maximum Gasteiger partial charge on any atom is 0.339 e. The number of aliphatic hydroxyl groups excluding tert-OH is 1. The molecular weight excluding hydrogens is 272 g/mol. The summed E-state index contributed by atoms with van der Waals surface area (Å²) in [6.45, 7) is 0.551. The molecule has 1 aliphatic carbocycles. The van der Waals surface area contributed by atoms with Gasteiger partial charge in [-0.1, -0.05) is 6.42 Å². The number of pyridine rings is 1. The molecule has 0 amide bonds. The molecule has 1 fully saturated rings. The molecule has 2 atom stereocenters. The van der Waals surface area contributed by atoms with Crippen molar-refractivity contribution in [3.63, 3.8) is 0 Å². The lowest BCUT2D eigenvalue weighted by molar-refractivity contribution is 0.0697. The van der Waals surface area contributed by atoms with Crippen molar-refractivity contribution in [3.05, 3.63) is 18.0 Å². The minimum absolute atomic E-state index is 0.128. The van der Waals surface area contributed by atoms with Gasteiger partial charge < -0.3 is 15.5 Å². The highest BCUT2D eigenvalue weighted by Crippen LogP contribution is 2.29. The van der Waals surface area contributed by atoms with Crippen molar-refractivity contribution in [2.24, 2.45) is 13.0 Å². The van der Waals surface area contributed by atoms with Crippen LogP contribution in [0.25, 0.3) is 11.0 Å². The third kappa shape index (κ3) is 2.44. The molecule has 112 valence electrons. The Morgan fingerprint density at radius 2 is 2.29 bits per heavy atom. The van der Waals surface area contributed by atoms with Crippen LogP contribution >= 0.6 is 0 Å². The van der Waals surface area contributed by atoms with E-state index in [0.29, 0.717) is 23.3 Å². The second-order valence-electron chi connectivity index (χ2n) is 5.50. The van der Waals surface area contributed by atoms with E-state index in [1.807, 2.05) is 0 Å². The summed E-state index contributed by atoms with van der Waals surface area (Å²) in [7, 11) is 1.76. The number of nitrogens with one attached hydrogen (secondary N) is 1. The van der Waals surface area contributed by atoms with Crippen molar-refractivity contribution in [2.75, 3.05) is 11.9 Å². The first-order chi connectivity index (χ1) is 10.1. The lowest BCUT2D eigenvalue weighted by Gasteiger charge is -2.17. The van der Waals surface area contributed by atoms with Crippen molar-refractivity contribution in [1.29, 1.82) is 0 Å². The highest BCUT2D eigenvalue weighted by molar-refractivity contribution is 6.03. The predicted molar refractivity (Wildman–Crippen MR) is 77.3 cm³/mol. The minimum atomic E-state index is -1.03. The van der Waals surface area contributed by atoms with E-state index >= 15 is 0 Å². The first-order valence-electron chi connectivity index (χ1n) is 7.04. The van der Waals surface area contributed by atoms with Crippen molar-refractivity contribution < 1.29 is 15.0 Å². The maximum absolute atomic E-state index is 11.4. The molecule has 1 aliphatic rings. The first kappa shape index (κ1) is 13.8. The predicted octanol–water partition coefficient (Wildman–Crippen LogP) is 1.24. The van der Waals surface area contributed by atoms with Gasteiger partial charge in [0.2, 0.25) is 0 Å². The minimum Gasteiger partial charge on any atom is -0.478 e. The Morgan fingerprint density at radius 1 is 1.48 bits per heavy atom. The van der Waals surface area contributed by atoms with Gasteiger partial charge in [-0.15, -0.1) is 0 Å². The number of hydrogen-bond donors (Lipinski definition) is 3. The molecule has 7 heteroatoms. The van der Waals surface area contributed by atoms with Crippen LogP contribution in [0.2, 0.25) is 0 Å². The lowest BCUT2D eigenvalue weighted by Crippen LogP contribution is -2.23. The van der Waals surface area contributed by atoms with E-state index in [4.69, 9.17) is 0 Å². The van der Waals surface area contributed by atoms with Crippen molar-refractivity contribution in [2.45, 2.75) is 25.4 Å². The van der Waals surface area contributed by atoms with E-state index in [1.165, 1.54) is 6.20 Å². The maximum atomic E-state index is 11.4. The fourth-order valence-corrected chi connectivity index (χ4v) is 2.94. The Bertz CT molecular complexity index is 682. The van der Waals surface area contributed by atoms with E-state index in [0.717, 1.165) is 19.3 Å². The lowest BCUT2D eigenvalue weighted by atomic mass is 10.1. The van der Waals surface area contributed by atoms with Crippen LogP contribution in [0.1, 0.15) is 29.6 Å². The number of aromatic carboxylic acids is 1. The third-order valence-electron chi connectivity index (χ3n) is 4.15. The number of fused-ring (bicyclic) bond motifs is 1. The van der Waals surface area contributed by atoms with Gasteiger partial charge in [-0.2, -0.15) is 5.10 Å². The number of aromatic nitrogens is 3. The summed E-state index contributed by atoms with van der Waals surface area (Å²) in [6, 6.07) is 0. The van der Waals surface area contributed by atoms with Gasteiger partial charge in [0, 0.05) is 25.7 Å². The van der Waals surface area contributed by atoms with Crippen LogP contribution in [0.5, 0.6) is 0 Å². The highest BCUT2D eigenvalue weighted by Gasteiger charge is 2.26. The molecule has 3 N–H and O–H groups in total. The number of nitrogens with zero attached hydrogens (tertiary/aromatic N) is 3. The second-order valence-corrected chi connectivity index (χ2v) is 5.50. The third-order valence-corrected chi connectivity index (χ3v) is 4.15. The standard InChI is InChI=1S/C14H18N4O3/c1-18-13-9(7-17-18)12(10(6-16-13)14(20)21)15-5-8-3-2-4-11(8)19/h6-8,11,19H,2-5H2,1H3,(H,15,16)(H,20,21). The van der Waals surface area contributed by atoms with Gasteiger partial charge in [-0.25, -0.2) is 9.78 Å². The molecule has 1 saturated carbocycles. The fraction of sp³-hybridized carbons (Fsp3) is 0.500. The van der Waals surface area contributed by atoms with E-state index in [-0.39, 0.29) is 17.6 Å². The molecule has 21 heavy (non-hydrogen) atoms. The molecule has 3 rings (SSSR count). The van der Waals surface area contributed by atoms with Crippen molar-refractivity contribution >= 4 is 22.7 Å². The number of hydrogen-bond acceptors (Lipinski definition) is 5. The SMILES string of the molecule is Cn1ncc2c(NCC3CCCC3O)c(C(=O)O)cnc21. The Morgan fingerprint density at radius 3 is 2.95 bits per heavy atom. The van der Waals surface area contributed by atoms with E-state index < -0.39 is 5.97 Å². The average Bonchev–Trinajstić information content (AvgIpc) is 3.03. The molecule has 0 bridgehead atoms. The number of anilines is 1. The zero-order valence-electron chi connectivity index (χ0n) is 11.8. The Balaban J connectivity index is 1.94. The van der Waals surface area contributed by atoms with Crippen LogP contribution in [0.4, 0.5) is 5.69 Å². The summed E-state index contributed by atoms with van der Waals surface area (Å²) in [5.74, 6) is -0.866. The summed E-state index contributed by atoms with van der Waals surface area (Å²) in [4.78, 5) is 15.5. The molecule has 0 spiro atoms. The molecule has 0 radical (unpaired) electrons. The number of aliphatic hydroxyl groups is 1. The zero-order valence-corrected chi connectivity index (χ0v) is 11.8. The molecule has 2 aromatic heterocycles. The summed E-state index contributed by atoms with van der Waals surface area (Å²) < 4.78 is 1.61. The number of aryl methyl sites for hydroxylation is 1. The molecule has 2 unspecified atom stereocenters. The summed E-state index contributed by atoms with van der Waals surface area (Å²) in [6.07, 6.45) is 5.44. The van der Waals surface area contributed by atoms with E-state index in [9.17, 15) is 15.0 Å². The number of carbonyl (C=O) groups is 1. The van der Waals surface area contributed by atoms with Gasteiger partial charge >= 0.3 is 5.97 Å². The smallest absolute Gasteiger partial charge is 0.339 e. The molecular formula is C14H18N4O3. The van der Waals surface area contributed by atoms with Crippen LogP contribution in [0.15, 0.2) is 12.4 Å². The summed E-state index contributed by atoms with van der Waals surface area (Å²) in [5.41, 5.74) is 1.29. The van der Waals surface area contributed by atoms with Crippen molar-refractivity contribution in [3.8, 4) is 0 Å². The topological polar surface area (TPSA) is 100 Å². The van der Waals surface area contributed by atoms with E-state index in [1.54, 1.807) is 17.9 Å². The average molecular weight is 290 g/mol. The Kier molecular flexibility index (Phi) is 3.50. The normalized spacial score (nSPS) is 21.8. The van der Waals surface area contributed by atoms with Crippen LogP contribution in [-0.4, -0.2) is 43.6 Å². The molecule has 7 nitrogen and oxygen atoms in total. The van der Waals surface area contributed by atoms with Gasteiger partial charge in [0.05, 0.1) is 23.4 Å². The largest absolute Gasteiger partial charge is 0.478 e. The van der Waals surface area contributed by atoms with E-state index in [2.05, 4.69) is 15.4 Å². The van der Waals surface area contributed by atoms with Crippen LogP contribution in [-0.2, 0) is 7.05 Å². The monoisotopic (exact) mass is 290 g/mol. The quantitative estimate of drug-likeness (QED) is 0.783. The van der Waals surface area contributed by atoms with Crippen LogP contribution in [0, 0.1) is 5.92 Å². The molecule has 2 heterocycles. The molecule has 0 aromatic carbocycles. The second kappa shape index (κ2) is 5.33. The molecule has 0 aliphatic heterocycles. The van der Waals surface area contributed by atoms with Gasteiger partial charge in [0.25, 0.3) is 0 Å². The fourth-order valence-electron chi connectivity index (χ4n) is 2.94. The van der Waals surface area contributed by atoms with Crippen LogP contribution < -0.4 is 5.32 Å². The first-order valence-corrected chi connectivity index (χ1v) is 7.04. The number of rotatable bonds is 4. The van der Waals surface area contributed by atoms with Gasteiger partial charge in [0.15, 0.2) is 5.65 Å². The number of carboxylic acid groups (broad SMARTS) is 1. The Labute approximate surface area is 121 Å². The van der Waals surface area contributed by atoms with Gasteiger partial charge in [0.1, 0.15) is 5.56 Å². The summed E-state index contributed by atoms with van der Waals surface area (Å²) >= 11 is 0. The van der Waals surface area contributed by atoms with Gasteiger partial charge in [-0.3, -0.25) is 4.68 Å². The number of carboxylic acids is 1. The van der Waals surface area contributed by atoms with Crippen molar-refractivity contribution in [1.82, 2.24) is 14.8 Å². The van der Waals surface area contributed by atoms with Gasteiger partial charge in [-0.05, 0) is 12.8 Å². The highest BCUT2D eigenvalue weighted by atomic mass is 16.4.